The molecule has 3 aliphatic carbocycles. The van der Waals surface area contributed by atoms with Crippen LogP contribution in [0.5, 0.6) is 0 Å². The number of carbonyl (C=O) groups excluding carboxylic acids is 2. The third-order valence-corrected chi connectivity index (χ3v) is 6.32. The Bertz CT molecular complexity index is 845. The summed E-state index contributed by atoms with van der Waals surface area (Å²) in [6, 6.07) is 0. The van der Waals surface area contributed by atoms with Gasteiger partial charge >= 0.3 is 11.9 Å². The van der Waals surface area contributed by atoms with Gasteiger partial charge in [0.15, 0.2) is 23.6 Å². The summed E-state index contributed by atoms with van der Waals surface area (Å²) in [5, 5.41) is 15.4. The first-order valence-electron chi connectivity index (χ1n) is 8.00. The van der Waals surface area contributed by atoms with Gasteiger partial charge in [-0.25, -0.2) is 14.6 Å². The number of ether oxygens (including phenoxy) is 2. The second kappa shape index (κ2) is 3.65. The van der Waals surface area contributed by atoms with Crippen LogP contribution >= 0.6 is 0 Å². The molecule has 3 saturated heterocycles. The third-order valence-electron chi connectivity index (χ3n) is 6.32. The van der Waals surface area contributed by atoms with Gasteiger partial charge in [-0.1, -0.05) is 5.04 Å². The van der Waals surface area contributed by atoms with Crippen molar-refractivity contribution in [3.05, 3.63) is 23.0 Å². The van der Waals surface area contributed by atoms with E-state index in [0.717, 1.165) is 0 Å². The van der Waals surface area contributed by atoms with Crippen molar-refractivity contribution in [3.8, 4) is 0 Å². The molecule has 130 valence electrons. The molecular weight excluding hydrogens is 340 g/mol. The molecule has 1 N–H and O–H groups in total. The predicted molar refractivity (Wildman–Crippen MR) is 67.1 cm³/mol. The Labute approximate surface area is 138 Å². The summed E-state index contributed by atoms with van der Waals surface area (Å²) >= 11 is 0. The van der Waals surface area contributed by atoms with Gasteiger partial charge in [-0.05, 0) is 6.08 Å². The number of carbonyl (C=O) groups is 2. The predicted octanol–water partition coefficient (Wildman–Crippen LogP) is -1.26. The van der Waals surface area contributed by atoms with Crippen molar-refractivity contribution in [2.75, 3.05) is 0 Å². The first-order valence-corrected chi connectivity index (χ1v) is 8.00. The molecule has 0 aromatic carbocycles. The van der Waals surface area contributed by atoms with Crippen molar-refractivity contribution in [2.24, 2.45) is 11.8 Å². The van der Waals surface area contributed by atoms with Crippen molar-refractivity contribution in [2.45, 2.75) is 42.0 Å². The maximum atomic E-state index is 12.7. The van der Waals surface area contributed by atoms with E-state index < -0.39 is 59.4 Å². The Kier molecular flexibility index (Phi) is 1.96. The molecule has 10 nitrogen and oxygen atoms in total. The summed E-state index contributed by atoms with van der Waals surface area (Å²) in [6.07, 6.45) is -1.77. The summed E-state index contributed by atoms with van der Waals surface area (Å²) in [7, 11) is 0. The molecule has 8 atom stereocenters. The summed E-state index contributed by atoms with van der Waals surface area (Å²) < 4.78 is 11.1. The average molecular weight is 350 g/mol. The maximum absolute atomic E-state index is 12.7. The van der Waals surface area contributed by atoms with Crippen LogP contribution in [-0.4, -0.2) is 52.7 Å². The number of esters is 2. The number of hydrogen-bond donors (Lipinski definition) is 1. The number of hydrogen-bond acceptors (Lipinski definition) is 10. The SMILES string of the molecule is O=C1OC2C3OOOC3C3OOC45CC4(O)C=C1C1=C5OC(=O)C3C12. The van der Waals surface area contributed by atoms with Gasteiger partial charge in [0.2, 0.25) is 0 Å². The average Bonchev–Trinajstić information content (AvgIpc) is 2.93. The molecule has 8 unspecified atom stereocenters. The van der Waals surface area contributed by atoms with Crippen molar-refractivity contribution < 1.29 is 48.8 Å². The summed E-state index contributed by atoms with van der Waals surface area (Å²) in [4.78, 5) is 46.6. The van der Waals surface area contributed by atoms with E-state index in [1.807, 2.05) is 0 Å². The Morgan fingerprint density at radius 2 is 1.84 bits per heavy atom. The highest BCUT2D eigenvalue weighted by atomic mass is 17.5. The summed E-state index contributed by atoms with van der Waals surface area (Å²) in [6.45, 7) is 0. The fraction of sp³-hybridized carbons (Fsp3) is 0.600. The molecule has 0 aromatic rings. The van der Waals surface area contributed by atoms with Crippen LogP contribution in [0.3, 0.4) is 0 Å². The lowest BCUT2D eigenvalue weighted by molar-refractivity contribution is -0.475. The van der Waals surface area contributed by atoms with Crippen LogP contribution in [0.15, 0.2) is 23.0 Å². The van der Waals surface area contributed by atoms with E-state index in [1.165, 1.54) is 6.08 Å². The molecule has 8 aliphatic rings. The monoisotopic (exact) mass is 350 g/mol. The molecule has 0 aromatic heterocycles. The molecule has 8 rings (SSSR count). The molecular formula is C15H10O10. The topological polar surface area (TPSA) is 119 Å². The fourth-order valence-corrected chi connectivity index (χ4v) is 5.11. The van der Waals surface area contributed by atoms with Gasteiger partial charge in [0.25, 0.3) is 0 Å². The molecule has 2 saturated carbocycles. The molecule has 5 aliphatic heterocycles. The highest BCUT2D eigenvalue weighted by Crippen LogP contribution is 2.67. The van der Waals surface area contributed by atoms with E-state index in [2.05, 4.69) is 5.04 Å². The zero-order chi connectivity index (χ0) is 16.7. The molecule has 5 fully saturated rings. The molecule has 5 heterocycles. The maximum Gasteiger partial charge on any atom is 0.338 e. The van der Waals surface area contributed by atoms with Gasteiger partial charge in [0.1, 0.15) is 23.7 Å². The Hall–Kier alpha value is -1.82. The lowest BCUT2D eigenvalue weighted by atomic mass is 9.63. The zero-order valence-corrected chi connectivity index (χ0v) is 12.4. The second-order valence-electron chi connectivity index (χ2n) is 7.41. The fourth-order valence-electron chi connectivity index (χ4n) is 5.11. The Balaban J connectivity index is 1.55. The Morgan fingerprint density at radius 1 is 1.04 bits per heavy atom. The minimum absolute atomic E-state index is 0.111. The van der Waals surface area contributed by atoms with Crippen LogP contribution in [0, 0.1) is 11.8 Å². The Morgan fingerprint density at radius 3 is 2.68 bits per heavy atom. The van der Waals surface area contributed by atoms with Crippen LogP contribution in [0.4, 0.5) is 0 Å². The third kappa shape index (κ3) is 1.22. The van der Waals surface area contributed by atoms with Crippen LogP contribution in [-0.2, 0) is 43.7 Å². The molecule has 0 radical (unpaired) electrons. The highest BCUT2D eigenvalue weighted by Gasteiger charge is 2.80. The van der Waals surface area contributed by atoms with Gasteiger partial charge < -0.3 is 14.6 Å². The standard InChI is InChI=1S/C15H10O10/c16-12-3-1-14(18)2-15(14)11-4(3)5-6(13(17)20-11)8(21-24-15)10-9(7(5)19-12)22-25-23-10/h1,5-10,18H,2H2. The molecule has 1 spiro atoms. The molecule has 6 bridgehead atoms. The molecule has 0 amide bonds. The van der Waals surface area contributed by atoms with Gasteiger partial charge in [-0.3, -0.25) is 4.79 Å². The van der Waals surface area contributed by atoms with Gasteiger partial charge in [-0.15, -0.1) is 0 Å². The van der Waals surface area contributed by atoms with Crippen molar-refractivity contribution in [3.63, 3.8) is 0 Å². The minimum Gasteiger partial charge on any atom is -0.455 e. The molecule has 10 heteroatoms. The lowest BCUT2D eigenvalue weighted by Gasteiger charge is -2.52. The highest BCUT2D eigenvalue weighted by molar-refractivity contribution is 5.98. The van der Waals surface area contributed by atoms with Gasteiger partial charge in [0.05, 0.1) is 5.57 Å². The van der Waals surface area contributed by atoms with E-state index in [-0.39, 0.29) is 17.8 Å². The van der Waals surface area contributed by atoms with Crippen LogP contribution in [0.2, 0.25) is 0 Å². The first-order chi connectivity index (χ1) is 12.0. The van der Waals surface area contributed by atoms with Crippen molar-refractivity contribution >= 4 is 11.9 Å². The summed E-state index contributed by atoms with van der Waals surface area (Å²) in [5.41, 5.74) is -2.10. The summed E-state index contributed by atoms with van der Waals surface area (Å²) in [5.74, 6) is -2.37. The molecule has 25 heavy (non-hydrogen) atoms. The smallest absolute Gasteiger partial charge is 0.338 e. The minimum atomic E-state index is -1.49. The normalized spacial score (nSPS) is 56.4. The largest absolute Gasteiger partial charge is 0.455 e. The van der Waals surface area contributed by atoms with E-state index in [9.17, 15) is 14.7 Å². The zero-order valence-electron chi connectivity index (χ0n) is 12.4. The van der Waals surface area contributed by atoms with Crippen LogP contribution < -0.4 is 0 Å². The van der Waals surface area contributed by atoms with E-state index in [1.54, 1.807) is 0 Å². The number of aliphatic hydroxyl groups is 1. The van der Waals surface area contributed by atoms with Crippen LogP contribution in [0.25, 0.3) is 0 Å². The number of rotatable bonds is 0. The second-order valence-corrected chi connectivity index (χ2v) is 7.41. The van der Waals surface area contributed by atoms with E-state index in [4.69, 9.17) is 29.0 Å². The van der Waals surface area contributed by atoms with Crippen molar-refractivity contribution in [1.29, 1.82) is 0 Å². The van der Waals surface area contributed by atoms with Gasteiger partial charge in [-0.2, -0.15) is 9.78 Å². The van der Waals surface area contributed by atoms with Gasteiger partial charge in [0, 0.05) is 17.9 Å². The number of fused-ring (bicyclic) bond motifs is 4. The quantitative estimate of drug-likeness (QED) is 0.419. The lowest BCUT2D eigenvalue weighted by Crippen LogP contribution is -2.67. The first kappa shape index (κ1) is 13.4. The van der Waals surface area contributed by atoms with E-state index >= 15 is 0 Å². The van der Waals surface area contributed by atoms with Crippen LogP contribution in [0.1, 0.15) is 6.42 Å². The van der Waals surface area contributed by atoms with Crippen molar-refractivity contribution in [1.82, 2.24) is 0 Å². The van der Waals surface area contributed by atoms with E-state index in [0.29, 0.717) is 5.57 Å².